The molecule has 0 atom stereocenters. The first-order valence-corrected chi connectivity index (χ1v) is 5.82. The van der Waals surface area contributed by atoms with Crippen LogP contribution in [0.2, 0.25) is 0 Å². The Labute approximate surface area is 101 Å². The molecule has 0 saturated carbocycles. The molecule has 0 unspecified atom stereocenters. The minimum absolute atomic E-state index is 0.261. The van der Waals surface area contributed by atoms with E-state index in [9.17, 15) is 4.39 Å². The average molecular weight is 232 g/mol. The van der Waals surface area contributed by atoms with E-state index in [0.29, 0.717) is 17.1 Å². The third-order valence-corrected chi connectivity index (χ3v) is 2.77. The predicted molar refractivity (Wildman–Crippen MR) is 69.4 cm³/mol. The summed E-state index contributed by atoms with van der Waals surface area (Å²) in [6.07, 6.45) is 0.857. The molecule has 3 heteroatoms. The fourth-order valence-electron chi connectivity index (χ4n) is 2.15. The van der Waals surface area contributed by atoms with Gasteiger partial charge >= 0.3 is 0 Å². The summed E-state index contributed by atoms with van der Waals surface area (Å²) in [7, 11) is 0. The lowest BCUT2D eigenvalue weighted by Crippen LogP contribution is -2.01. The zero-order valence-corrected chi connectivity index (χ0v) is 10.4. The molecular formula is C14H17FN2. The van der Waals surface area contributed by atoms with Gasteiger partial charge in [0.2, 0.25) is 0 Å². The highest BCUT2D eigenvalue weighted by molar-refractivity contribution is 5.93. The first-order chi connectivity index (χ1) is 7.97. The first kappa shape index (κ1) is 11.8. The molecule has 0 spiro atoms. The highest BCUT2D eigenvalue weighted by atomic mass is 19.1. The van der Waals surface area contributed by atoms with E-state index in [2.05, 4.69) is 18.8 Å². The van der Waals surface area contributed by atoms with Crippen molar-refractivity contribution in [3.63, 3.8) is 0 Å². The van der Waals surface area contributed by atoms with Crippen molar-refractivity contribution >= 4 is 16.6 Å². The van der Waals surface area contributed by atoms with Gasteiger partial charge in [-0.15, -0.1) is 0 Å². The van der Waals surface area contributed by atoms with Crippen LogP contribution in [0.5, 0.6) is 0 Å². The molecule has 2 aromatic rings. The van der Waals surface area contributed by atoms with Gasteiger partial charge in [-0.2, -0.15) is 0 Å². The molecule has 1 aromatic carbocycles. The minimum atomic E-state index is -0.261. The summed E-state index contributed by atoms with van der Waals surface area (Å²) >= 11 is 0. The van der Waals surface area contributed by atoms with Crippen molar-refractivity contribution in [3.8, 4) is 0 Å². The number of aryl methyl sites for hydroxylation is 1. The van der Waals surface area contributed by atoms with E-state index in [-0.39, 0.29) is 5.82 Å². The topological polar surface area (TPSA) is 38.9 Å². The standard InChI is InChI=1S/C14H17FN2/c1-8(2)4-11-7-12(16)14-9(3)5-10(15)6-13(14)17-11/h5-8H,4H2,1-3H3,(H2,16,17). The Hall–Kier alpha value is -1.64. The van der Waals surface area contributed by atoms with Gasteiger partial charge in [0.15, 0.2) is 0 Å². The molecule has 2 rings (SSSR count). The maximum Gasteiger partial charge on any atom is 0.125 e. The highest BCUT2D eigenvalue weighted by Gasteiger charge is 2.09. The number of benzene rings is 1. The monoisotopic (exact) mass is 232 g/mol. The van der Waals surface area contributed by atoms with Gasteiger partial charge < -0.3 is 5.73 Å². The maximum absolute atomic E-state index is 13.3. The number of nitrogens with zero attached hydrogens (tertiary/aromatic N) is 1. The number of nitrogen functional groups attached to an aromatic ring is 1. The molecular weight excluding hydrogens is 215 g/mol. The third-order valence-electron chi connectivity index (χ3n) is 2.77. The molecule has 0 fully saturated rings. The Bertz CT molecular complexity index is 562. The number of nitrogens with two attached hydrogens (primary N) is 1. The van der Waals surface area contributed by atoms with Crippen LogP contribution in [0.3, 0.4) is 0 Å². The van der Waals surface area contributed by atoms with Crippen molar-refractivity contribution in [3.05, 3.63) is 35.3 Å². The van der Waals surface area contributed by atoms with E-state index < -0.39 is 0 Å². The van der Waals surface area contributed by atoms with Crippen molar-refractivity contribution in [1.29, 1.82) is 0 Å². The van der Waals surface area contributed by atoms with Crippen LogP contribution in [-0.4, -0.2) is 4.98 Å². The second-order valence-corrected chi connectivity index (χ2v) is 4.92. The molecule has 2 N–H and O–H groups in total. The quantitative estimate of drug-likeness (QED) is 0.861. The number of pyridine rings is 1. The lowest BCUT2D eigenvalue weighted by atomic mass is 10.0. The van der Waals surface area contributed by atoms with Gasteiger partial charge in [-0.3, -0.25) is 4.98 Å². The molecule has 0 aliphatic carbocycles. The SMILES string of the molecule is Cc1cc(F)cc2nc(CC(C)C)cc(N)c12. The molecule has 0 radical (unpaired) electrons. The number of halogens is 1. The van der Waals surface area contributed by atoms with Gasteiger partial charge in [0.1, 0.15) is 5.82 Å². The van der Waals surface area contributed by atoms with Gasteiger partial charge in [-0.1, -0.05) is 13.8 Å². The Kier molecular flexibility index (Phi) is 3.01. The largest absolute Gasteiger partial charge is 0.398 e. The number of aromatic nitrogens is 1. The number of anilines is 1. The Morgan fingerprint density at radius 2 is 2.00 bits per heavy atom. The number of hydrogen-bond acceptors (Lipinski definition) is 2. The van der Waals surface area contributed by atoms with E-state index in [0.717, 1.165) is 23.1 Å². The maximum atomic E-state index is 13.3. The summed E-state index contributed by atoms with van der Waals surface area (Å²) in [5.41, 5.74) is 9.12. The van der Waals surface area contributed by atoms with Gasteiger partial charge in [0.25, 0.3) is 0 Å². The molecule has 0 amide bonds. The third kappa shape index (κ3) is 2.38. The molecule has 0 aliphatic rings. The van der Waals surface area contributed by atoms with Crippen LogP contribution in [0.4, 0.5) is 10.1 Å². The summed E-state index contributed by atoms with van der Waals surface area (Å²) in [5.74, 6) is 0.248. The van der Waals surface area contributed by atoms with Crippen molar-refractivity contribution in [2.45, 2.75) is 27.2 Å². The van der Waals surface area contributed by atoms with E-state index in [1.165, 1.54) is 12.1 Å². The van der Waals surface area contributed by atoms with Gasteiger partial charge in [0, 0.05) is 22.8 Å². The van der Waals surface area contributed by atoms with Crippen LogP contribution in [-0.2, 0) is 6.42 Å². The van der Waals surface area contributed by atoms with Crippen molar-refractivity contribution in [2.24, 2.45) is 5.92 Å². The van der Waals surface area contributed by atoms with E-state index in [1.807, 2.05) is 13.0 Å². The summed E-state index contributed by atoms with van der Waals surface area (Å²) in [6.45, 7) is 6.10. The lowest BCUT2D eigenvalue weighted by molar-refractivity contribution is 0.627. The summed E-state index contributed by atoms with van der Waals surface area (Å²) < 4.78 is 13.3. The van der Waals surface area contributed by atoms with E-state index in [1.54, 1.807) is 0 Å². The normalized spacial score (nSPS) is 11.4. The summed E-state index contributed by atoms with van der Waals surface area (Å²) in [4.78, 5) is 4.48. The second kappa shape index (κ2) is 4.32. The van der Waals surface area contributed by atoms with Crippen molar-refractivity contribution < 1.29 is 4.39 Å². The first-order valence-electron chi connectivity index (χ1n) is 5.82. The Morgan fingerprint density at radius 3 is 2.65 bits per heavy atom. The summed E-state index contributed by atoms with van der Waals surface area (Å²) in [6, 6.07) is 4.83. The molecule has 90 valence electrons. The molecule has 17 heavy (non-hydrogen) atoms. The van der Waals surface area contributed by atoms with Crippen LogP contribution >= 0.6 is 0 Å². The fraction of sp³-hybridized carbons (Fsp3) is 0.357. The van der Waals surface area contributed by atoms with Crippen LogP contribution in [0, 0.1) is 18.7 Å². The van der Waals surface area contributed by atoms with Crippen molar-refractivity contribution in [1.82, 2.24) is 4.98 Å². The van der Waals surface area contributed by atoms with Crippen LogP contribution in [0.1, 0.15) is 25.1 Å². The molecule has 0 bridgehead atoms. The van der Waals surface area contributed by atoms with Gasteiger partial charge in [-0.05, 0) is 37.0 Å². The molecule has 2 nitrogen and oxygen atoms in total. The minimum Gasteiger partial charge on any atom is -0.398 e. The predicted octanol–water partition coefficient (Wildman–Crippen LogP) is 3.46. The molecule has 0 aliphatic heterocycles. The van der Waals surface area contributed by atoms with Gasteiger partial charge in [0.05, 0.1) is 5.52 Å². The zero-order valence-electron chi connectivity index (χ0n) is 10.4. The molecule has 1 heterocycles. The Balaban J connectivity index is 2.64. The van der Waals surface area contributed by atoms with Crippen LogP contribution in [0.15, 0.2) is 18.2 Å². The summed E-state index contributed by atoms with van der Waals surface area (Å²) in [5, 5.41) is 0.860. The molecule has 0 saturated heterocycles. The van der Waals surface area contributed by atoms with E-state index in [4.69, 9.17) is 5.73 Å². The van der Waals surface area contributed by atoms with Crippen LogP contribution in [0.25, 0.3) is 10.9 Å². The Morgan fingerprint density at radius 1 is 1.29 bits per heavy atom. The second-order valence-electron chi connectivity index (χ2n) is 4.92. The zero-order chi connectivity index (χ0) is 12.6. The number of hydrogen-bond donors (Lipinski definition) is 1. The van der Waals surface area contributed by atoms with E-state index >= 15 is 0 Å². The van der Waals surface area contributed by atoms with Gasteiger partial charge in [-0.25, -0.2) is 4.39 Å². The number of rotatable bonds is 2. The van der Waals surface area contributed by atoms with Crippen LogP contribution < -0.4 is 5.73 Å². The number of fused-ring (bicyclic) bond motifs is 1. The fourth-order valence-corrected chi connectivity index (χ4v) is 2.15. The molecule has 1 aromatic heterocycles. The lowest BCUT2D eigenvalue weighted by Gasteiger charge is -2.10. The highest BCUT2D eigenvalue weighted by Crippen LogP contribution is 2.26. The smallest absolute Gasteiger partial charge is 0.125 e. The van der Waals surface area contributed by atoms with Crippen molar-refractivity contribution in [2.75, 3.05) is 5.73 Å². The average Bonchev–Trinajstić information content (AvgIpc) is 2.13.